The van der Waals surface area contributed by atoms with Crippen LogP contribution >= 0.6 is 0 Å². The number of para-hydroxylation sites is 2. The average Bonchev–Trinajstić information content (AvgIpc) is 3.09. The Balaban J connectivity index is 0.000000240. The van der Waals surface area contributed by atoms with Gasteiger partial charge in [-0.05, 0) is 62.4 Å². The Labute approximate surface area is 351 Å². The number of aryl methyl sites for hydroxylation is 2. The van der Waals surface area contributed by atoms with Gasteiger partial charge >= 0.3 is 48.9 Å². The van der Waals surface area contributed by atoms with Gasteiger partial charge in [-0.25, -0.2) is 16.8 Å². The molecule has 276 valence electrons. The number of hydrogen-bond donors (Lipinski definition) is 2. The molecule has 0 atom stereocenters. The van der Waals surface area contributed by atoms with Gasteiger partial charge in [-0.2, -0.15) is 0 Å². The molecule has 0 bridgehead atoms. The van der Waals surface area contributed by atoms with Gasteiger partial charge in [0.2, 0.25) is 0 Å². The second-order valence-corrected chi connectivity index (χ2v) is 14.0. The number of nitro benzene ring substituents is 2. The summed E-state index contributed by atoms with van der Waals surface area (Å²) in [5.41, 5.74) is 0.0554. The third-order valence-corrected chi connectivity index (χ3v) is 9.59. The summed E-state index contributed by atoms with van der Waals surface area (Å²) in [6.07, 6.45) is 0. The van der Waals surface area contributed by atoms with E-state index in [4.69, 9.17) is 0 Å². The summed E-state index contributed by atoms with van der Waals surface area (Å²) in [7, 11) is -9.49. The molecule has 55 heavy (non-hydrogen) atoms. The minimum Gasteiger partial charge on any atom is -0.744 e. The second-order valence-electron chi connectivity index (χ2n) is 11.3. The quantitative estimate of drug-likeness (QED) is 0.0486. The van der Waals surface area contributed by atoms with Crippen LogP contribution in [0.3, 0.4) is 0 Å². The van der Waals surface area contributed by atoms with E-state index in [0.717, 1.165) is 12.1 Å². The monoisotopic (exact) mass is 910 g/mol. The average molecular weight is 910 g/mol. The zero-order valence-electron chi connectivity index (χ0n) is 28.4. The third-order valence-electron chi connectivity index (χ3n) is 7.80. The van der Waals surface area contributed by atoms with Gasteiger partial charge in [-0.1, -0.05) is 48.5 Å². The van der Waals surface area contributed by atoms with Crippen molar-refractivity contribution in [1.29, 1.82) is 0 Å². The predicted octanol–water partition coefficient (Wildman–Crippen LogP) is 7.78. The molecule has 0 radical (unpaired) electrons. The van der Waals surface area contributed by atoms with Crippen LogP contribution in [0.2, 0.25) is 0 Å². The minimum atomic E-state index is -4.74. The number of benzene rings is 6. The van der Waals surface area contributed by atoms with Gasteiger partial charge in [0.15, 0.2) is 11.4 Å². The molecule has 2 N–H and O–H groups in total. The van der Waals surface area contributed by atoms with Gasteiger partial charge in [-0.3, -0.25) is 20.2 Å². The van der Waals surface area contributed by atoms with E-state index in [1.807, 2.05) is 0 Å². The van der Waals surface area contributed by atoms with E-state index in [0.29, 0.717) is 11.1 Å². The molecule has 0 aliphatic rings. The van der Waals surface area contributed by atoms with E-state index in [2.05, 4.69) is 20.5 Å². The van der Waals surface area contributed by atoms with Gasteiger partial charge in [0.1, 0.15) is 43.1 Å². The molecule has 0 heterocycles. The first-order valence-corrected chi connectivity index (χ1v) is 17.9. The first-order chi connectivity index (χ1) is 25.4. The van der Waals surface area contributed by atoms with Crippen LogP contribution < -0.4 is 0 Å². The predicted molar refractivity (Wildman–Crippen MR) is 197 cm³/mol. The second kappa shape index (κ2) is 17.1. The maximum atomic E-state index is 11.4. The number of nitrogens with zero attached hydrogens (tertiary/aromatic N) is 6. The Hall–Kier alpha value is -5.17. The number of hydrogen-bond acceptors (Lipinski definition) is 16. The molecule has 0 saturated carbocycles. The van der Waals surface area contributed by atoms with Crippen molar-refractivity contribution in [2.75, 3.05) is 0 Å². The van der Waals surface area contributed by atoms with E-state index in [9.17, 15) is 56.4 Å². The fourth-order valence-corrected chi connectivity index (χ4v) is 6.77. The summed E-state index contributed by atoms with van der Waals surface area (Å²) in [5.74, 6) is -0.635. The normalized spacial score (nSPS) is 11.7. The van der Waals surface area contributed by atoms with E-state index >= 15 is 0 Å². The maximum Gasteiger partial charge on any atom is 2.00 e. The molecule has 0 aliphatic carbocycles. The van der Waals surface area contributed by atoms with Gasteiger partial charge in [-0.15, -0.1) is 20.5 Å². The van der Waals surface area contributed by atoms with Gasteiger partial charge in [0.25, 0.3) is 11.4 Å². The molecule has 0 spiro atoms. The van der Waals surface area contributed by atoms with Crippen molar-refractivity contribution < 1.29 is 46.0 Å². The van der Waals surface area contributed by atoms with Crippen LogP contribution in [0.1, 0.15) is 11.1 Å². The third kappa shape index (κ3) is 9.38. The number of azo groups is 2. The summed E-state index contributed by atoms with van der Waals surface area (Å²) in [6, 6.07) is 21.8. The van der Waals surface area contributed by atoms with Crippen molar-refractivity contribution >= 4 is 125 Å². The minimum absolute atomic E-state index is 0. The fourth-order valence-electron chi connectivity index (χ4n) is 5.38. The number of fused-ring (bicyclic) bond motifs is 2. The summed E-state index contributed by atoms with van der Waals surface area (Å²) >= 11 is 0. The Kier molecular flexibility index (Phi) is 13.2. The molecule has 6 rings (SSSR count). The zero-order valence-corrected chi connectivity index (χ0v) is 34.5. The smallest absolute Gasteiger partial charge is 0.744 e. The SMILES string of the molecule is Cc1cccc(N=Nc2c(O)ccc3c(S(=O)(=O)[O-])cccc23)c1[N+](=O)[O-].Cc1cccc(N=Nc2c(O)ccc3c(S(=O)(=O)[O-])cccc23)c1[N+](=O)[O-].[Ba+2]. The summed E-state index contributed by atoms with van der Waals surface area (Å²) < 4.78 is 68.6. The van der Waals surface area contributed by atoms with Crippen LogP contribution in [-0.4, -0.2) is 94.9 Å². The number of aromatic hydroxyl groups is 2. The largest absolute Gasteiger partial charge is 2.00 e. The summed E-state index contributed by atoms with van der Waals surface area (Å²) in [5, 5.41) is 58.6. The zero-order chi connectivity index (χ0) is 39.5. The molecule has 0 amide bonds. The van der Waals surface area contributed by atoms with Crippen LogP contribution in [0.15, 0.2) is 127 Å². The van der Waals surface area contributed by atoms with Crippen molar-refractivity contribution in [1.82, 2.24) is 0 Å². The molecule has 0 aliphatic heterocycles. The number of phenolic OH excluding ortho intramolecular Hbond substituents is 2. The number of phenols is 2. The Morgan fingerprint density at radius 2 is 0.855 bits per heavy atom. The van der Waals surface area contributed by atoms with E-state index in [-0.39, 0.29) is 116 Å². The van der Waals surface area contributed by atoms with Crippen molar-refractivity contribution in [2.24, 2.45) is 20.5 Å². The molecular weight excluding hydrogens is 886 g/mol. The Morgan fingerprint density at radius 3 is 1.18 bits per heavy atom. The standard InChI is InChI=1S/2C17H13N3O6S.Ba/c2*1-10-4-2-6-13(17(10)20(22)23)18-19-16-12-5-3-7-15(27(24,25)26)11(12)8-9-14(16)21;/h2*2-9,21H,1H3,(H,24,25,26);/q;;+2/p-2. The van der Waals surface area contributed by atoms with Crippen LogP contribution in [0.4, 0.5) is 34.1 Å². The molecule has 21 heteroatoms. The molecular formula is C34H24BaN6O12S2. The first kappa shape index (κ1) is 42.6. The molecule has 18 nitrogen and oxygen atoms in total. The summed E-state index contributed by atoms with van der Waals surface area (Å²) in [6.45, 7) is 3.11. The fraction of sp³-hybridized carbons (Fsp3) is 0.0588. The molecule has 6 aromatic carbocycles. The Bertz CT molecular complexity index is 2610. The van der Waals surface area contributed by atoms with Crippen molar-refractivity contribution in [3.8, 4) is 11.5 Å². The first-order valence-electron chi connectivity index (χ1n) is 15.1. The maximum absolute atomic E-state index is 11.4. The van der Waals surface area contributed by atoms with Gasteiger partial charge < -0.3 is 19.3 Å². The topological polar surface area (TPSA) is 291 Å². The Morgan fingerprint density at radius 1 is 0.509 bits per heavy atom. The van der Waals surface area contributed by atoms with E-state index in [1.165, 1.54) is 60.7 Å². The number of nitro groups is 2. The van der Waals surface area contributed by atoms with Crippen LogP contribution in [0, 0.1) is 34.1 Å². The van der Waals surface area contributed by atoms with E-state index < -0.39 is 39.9 Å². The van der Waals surface area contributed by atoms with Crippen LogP contribution in [-0.2, 0) is 20.2 Å². The van der Waals surface area contributed by atoms with Crippen LogP contribution in [0.5, 0.6) is 11.5 Å². The molecule has 0 aromatic heterocycles. The molecule has 0 saturated heterocycles. The van der Waals surface area contributed by atoms with E-state index in [1.54, 1.807) is 38.1 Å². The van der Waals surface area contributed by atoms with Crippen molar-refractivity contribution in [2.45, 2.75) is 23.6 Å². The van der Waals surface area contributed by atoms with Gasteiger partial charge in [0, 0.05) is 32.7 Å². The van der Waals surface area contributed by atoms with Crippen molar-refractivity contribution in [3.05, 3.63) is 128 Å². The van der Waals surface area contributed by atoms with Gasteiger partial charge in [0.05, 0.1) is 19.6 Å². The van der Waals surface area contributed by atoms with Crippen LogP contribution in [0.25, 0.3) is 21.5 Å². The summed E-state index contributed by atoms with van der Waals surface area (Å²) in [4.78, 5) is 20.4. The van der Waals surface area contributed by atoms with Crippen molar-refractivity contribution in [3.63, 3.8) is 0 Å². The number of rotatable bonds is 8. The molecule has 0 unspecified atom stereocenters. The molecule has 6 aromatic rings. The molecule has 0 fully saturated rings.